The van der Waals surface area contributed by atoms with Gasteiger partial charge >= 0.3 is 0 Å². The quantitative estimate of drug-likeness (QED) is 0.193. The summed E-state index contributed by atoms with van der Waals surface area (Å²) in [5.74, 6) is 0.599. The van der Waals surface area contributed by atoms with Gasteiger partial charge in [0.05, 0.1) is 22.1 Å². The van der Waals surface area contributed by atoms with E-state index in [1.165, 1.54) is 16.3 Å². The zero-order valence-electron chi connectivity index (χ0n) is 25.7. The van der Waals surface area contributed by atoms with Gasteiger partial charge in [-0.05, 0) is 78.9 Å². The maximum absolute atomic E-state index is 6.55. The van der Waals surface area contributed by atoms with Gasteiger partial charge in [0.15, 0.2) is 5.58 Å². The third-order valence-electron chi connectivity index (χ3n) is 9.20. The lowest BCUT2D eigenvalue weighted by atomic mass is 10.1. The fraction of sp³-hybridized carbons (Fsp3) is 0. The second-order valence-corrected chi connectivity index (χ2v) is 12.0. The number of fused-ring (bicyclic) bond motifs is 8. The van der Waals surface area contributed by atoms with E-state index in [1.54, 1.807) is 0 Å². The molecule has 10 aromatic rings. The topological polar surface area (TPSA) is 47.3 Å². The summed E-state index contributed by atoms with van der Waals surface area (Å²) in [5.41, 5.74) is 10.6. The van der Waals surface area contributed by atoms with Crippen molar-refractivity contribution >= 4 is 71.9 Å². The lowest BCUT2D eigenvalue weighted by Gasteiger charge is -2.26. The number of aromatic nitrogens is 2. The summed E-state index contributed by atoms with van der Waals surface area (Å²) < 4.78 is 15.1. The van der Waals surface area contributed by atoms with Crippen LogP contribution in [0.25, 0.3) is 72.0 Å². The fourth-order valence-corrected chi connectivity index (χ4v) is 7.13. The second kappa shape index (κ2) is 10.5. The number of hydrogen-bond acceptors (Lipinski definition) is 4. The highest BCUT2D eigenvalue weighted by Gasteiger charge is 2.22. The van der Waals surface area contributed by atoms with Gasteiger partial charge in [0.2, 0.25) is 5.89 Å². The Morgan fingerprint density at radius 1 is 0.479 bits per heavy atom. The SMILES string of the molecule is c1ccc(-c2nc3c(ccc4oc5cc(N(c6ccccc6)c6cccc7c6c6ccccc6n7-c6ccccc6)ccc5c43)o2)cc1. The van der Waals surface area contributed by atoms with E-state index in [0.717, 1.165) is 66.9 Å². The van der Waals surface area contributed by atoms with E-state index in [0.29, 0.717) is 5.89 Å². The largest absolute Gasteiger partial charge is 0.456 e. The summed E-state index contributed by atoms with van der Waals surface area (Å²) >= 11 is 0. The summed E-state index contributed by atoms with van der Waals surface area (Å²) in [6.07, 6.45) is 0. The van der Waals surface area contributed by atoms with Gasteiger partial charge in [0.1, 0.15) is 16.7 Å². The Kier molecular flexibility index (Phi) is 5.81. The number of nitrogens with zero attached hydrogens (tertiary/aromatic N) is 3. The summed E-state index contributed by atoms with van der Waals surface area (Å²) in [6.45, 7) is 0. The van der Waals surface area contributed by atoms with E-state index in [4.69, 9.17) is 13.8 Å². The minimum absolute atomic E-state index is 0.599. The van der Waals surface area contributed by atoms with Gasteiger partial charge in [0, 0.05) is 44.9 Å². The molecule has 0 unspecified atom stereocenters. The molecule has 10 rings (SSSR count). The lowest BCUT2D eigenvalue weighted by molar-refractivity contribution is 0.619. The first-order valence-corrected chi connectivity index (χ1v) is 16.1. The molecule has 0 saturated heterocycles. The van der Waals surface area contributed by atoms with Crippen molar-refractivity contribution < 1.29 is 8.83 Å². The third-order valence-corrected chi connectivity index (χ3v) is 9.20. The number of benzene rings is 7. The van der Waals surface area contributed by atoms with Crippen LogP contribution in [0.1, 0.15) is 0 Å². The Balaban J connectivity index is 1.21. The zero-order chi connectivity index (χ0) is 31.6. The molecule has 3 heterocycles. The van der Waals surface area contributed by atoms with Crippen LogP contribution in [-0.2, 0) is 0 Å². The number of anilines is 3. The van der Waals surface area contributed by atoms with Crippen molar-refractivity contribution in [2.75, 3.05) is 4.90 Å². The number of hydrogen-bond donors (Lipinski definition) is 0. The van der Waals surface area contributed by atoms with Crippen LogP contribution in [0.3, 0.4) is 0 Å². The molecule has 0 N–H and O–H groups in total. The van der Waals surface area contributed by atoms with Crippen molar-refractivity contribution in [3.8, 4) is 17.1 Å². The molecular weight excluding hydrogens is 590 g/mol. The van der Waals surface area contributed by atoms with Crippen LogP contribution >= 0.6 is 0 Å². The van der Waals surface area contributed by atoms with Crippen LogP contribution in [0.4, 0.5) is 17.1 Å². The van der Waals surface area contributed by atoms with Crippen LogP contribution in [0.5, 0.6) is 0 Å². The van der Waals surface area contributed by atoms with E-state index in [9.17, 15) is 0 Å². The lowest BCUT2D eigenvalue weighted by Crippen LogP contribution is -2.10. The monoisotopic (exact) mass is 617 g/mol. The Morgan fingerprint density at radius 2 is 1.19 bits per heavy atom. The van der Waals surface area contributed by atoms with Crippen molar-refractivity contribution in [1.29, 1.82) is 0 Å². The number of rotatable bonds is 5. The van der Waals surface area contributed by atoms with Crippen LogP contribution < -0.4 is 4.90 Å². The van der Waals surface area contributed by atoms with E-state index in [-0.39, 0.29) is 0 Å². The zero-order valence-corrected chi connectivity index (χ0v) is 25.7. The Labute approximate surface area is 275 Å². The van der Waals surface area contributed by atoms with Gasteiger partial charge in [-0.3, -0.25) is 0 Å². The molecule has 3 aromatic heterocycles. The summed E-state index contributed by atoms with van der Waals surface area (Å²) in [4.78, 5) is 7.27. The number of oxazole rings is 1. The first-order chi connectivity index (χ1) is 23.8. The average Bonchev–Trinajstić information content (AvgIpc) is 3.85. The van der Waals surface area contributed by atoms with Crippen LogP contribution in [-0.4, -0.2) is 9.55 Å². The molecule has 0 saturated carbocycles. The van der Waals surface area contributed by atoms with Crippen LogP contribution in [0.2, 0.25) is 0 Å². The van der Waals surface area contributed by atoms with Gasteiger partial charge in [-0.15, -0.1) is 0 Å². The summed E-state index contributed by atoms with van der Waals surface area (Å²) in [5, 5.41) is 4.34. The smallest absolute Gasteiger partial charge is 0.227 e. The molecule has 0 radical (unpaired) electrons. The van der Waals surface area contributed by atoms with Gasteiger partial charge in [0.25, 0.3) is 0 Å². The van der Waals surface area contributed by atoms with Gasteiger partial charge in [-0.1, -0.05) is 78.9 Å². The maximum Gasteiger partial charge on any atom is 0.227 e. The van der Waals surface area contributed by atoms with E-state index < -0.39 is 0 Å². The van der Waals surface area contributed by atoms with Crippen molar-refractivity contribution in [2.45, 2.75) is 0 Å². The van der Waals surface area contributed by atoms with Crippen LogP contribution in [0.15, 0.2) is 173 Å². The molecule has 48 heavy (non-hydrogen) atoms. The molecular formula is C43H27N3O2. The fourth-order valence-electron chi connectivity index (χ4n) is 7.13. The van der Waals surface area contributed by atoms with E-state index >= 15 is 0 Å². The Bertz CT molecular complexity index is 2780. The highest BCUT2D eigenvalue weighted by molar-refractivity contribution is 6.19. The predicted octanol–water partition coefficient (Wildman–Crippen LogP) is 12.0. The molecule has 0 spiro atoms. The highest BCUT2D eigenvalue weighted by atomic mass is 16.4. The molecule has 0 aliphatic heterocycles. The maximum atomic E-state index is 6.55. The normalized spacial score (nSPS) is 11.8. The highest BCUT2D eigenvalue weighted by Crippen LogP contribution is 2.45. The minimum atomic E-state index is 0.599. The Hall–Kier alpha value is -6.59. The molecule has 0 fully saturated rings. The molecule has 0 atom stereocenters. The first kappa shape index (κ1) is 26.6. The molecule has 0 aliphatic rings. The van der Waals surface area contributed by atoms with Crippen molar-refractivity contribution in [3.05, 3.63) is 164 Å². The minimum Gasteiger partial charge on any atom is -0.456 e. The van der Waals surface area contributed by atoms with Gasteiger partial charge in [-0.25, -0.2) is 4.98 Å². The first-order valence-electron chi connectivity index (χ1n) is 16.1. The van der Waals surface area contributed by atoms with Gasteiger partial charge < -0.3 is 18.3 Å². The second-order valence-electron chi connectivity index (χ2n) is 12.0. The Morgan fingerprint density at radius 3 is 2.02 bits per heavy atom. The van der Waals surface area contributed by atoms with Crippen molar-refractivity contribution in [3.63, 3.8) is 0 Å². The summed E-state index contributed by atoms with van der Waals surface area (Å²) in [7, 11) is 0. The molecule has 0 bridgehead atoms. The molecule has 5 heteroatoms. The molecule has 7 aromatic carbocycles. The standard InChI is InChI=1S/C43H27N3O2/c1-4-13-28(14-5-1)43-44-42-38(48-43)26-25-37-41(42)33-24-23-31(27-39(33)47-37)45(29-15-6-2-7-16-29)35-21-12-22-36-40(35)32-19-10-11-20-34(32)46(36)30-17-8-3-9-18-30/h1-27H. The molecule has 0 amide bonds. The van der Waals surface area contributed by atoms with Crippen molar-refractivity contribution in [2.24, 2.45) is 0 Å². The molecule has 5 nitrogen and oxygen atoms in total. The van der Waals surface area contributed by atoms with Crippen LogP contribution in [0, 0.1) is 0 Å². The third kappa shape index (κ3) is 4.01. The van der Waals surface area contributed by atoms with Crippen molar-refractivity contribution in [1.82, 2.24) is 9.55 Å². The number of furan rings is 1. The number of para-hydroxylation sites is 3. The van der Waals surface area contributed by atoms with Gasteiger partial charge in [-0.2, -0.15) is 0 Å². The molecule has 226 valence electrons. The van der Waals surface area contributed by atoms with E-state index in [2.05, 4.69) is 131 Å². The summed E-state index contributed by atoms with van der Waals surface area (Å²) in [6, 6.07) is 56.7. The predicted molar refractivity (Wildman–Crippen MR) is 196 cm³/mol. The molecule has 0 aliphatic carbocycles. The van der Waals surface area contributed by atoms with E-state index in [1.807, 2.05) is 42.5 Å². The average molecular weight is 618 g/mol.